The van der Waals surface area contributed by atoms with Gasteiger partial charge in [0, 0.05) is 15.7 Å². The van der Waals surface area contributed by atoms with E-state index in [0.717, 1.165) is 10.5 Å². The molecule has 0 saturated heterocycles. The smallest absolute Gasteiger partial charge is 0.358 e. The first kappa shape index (κ1) is 16.9. The van der Waals surface area contributed by atoms with Gasteiger partial charge in [-0.15, -0.1) is 11.8 Å². The number of hydrogen-bond acceptors (Lipinski definition) is 4. The van der Waals surface area contributed by atoms with E-state index in [9.17, 15) is 9.90 Å². The third-order valence-electron chi connectivity index (χ3n) is 3.46. The van der Waals surface area contributed by atoms with Crippen LogP contribution in [0.3, 0.4) is 0 Å². The molecule has 0 atom stereocenters. The fraction of sp³-hybridized carbons (Fsp3) is 0.222. The molecule has 0 spiro atoms. The lowest BCUT2D eigenvalue weighted by Crippen LogP contribution is -2.15. The topological polar surface area (TPSA) is 58.9 Å². The lowest BCUT2D eigenvalue weighted by molar-refractivity contribution is -0.129. The summed E-state index contributed by atoms with van der Waals surface area (Å²) < 4.78 is 0. The molecule has 0 aliphatic heterocycles. The fourth-order valence-corrected chi connectivity index (χ4v) is 3.43. The molecule has 0 aromatic heterocycles. The van der Waals surface area contributed by atoms with E-state index in [4.69, 9.17) is 16.4 Å². The van der Waals surface area contributed by atoms with E-state index >= 15 is 0 Å². The molecule has 24 heavy (non-hydrogen) atoms. The van der Waals surface area contributed by atoms with Crippen molar-refractivity contribution in [2.24, 2.45) is 5.16 Å². The molecule has 2 aromatic rings. The molecule has 0 heterocycles. The van der Waals surface area contributed by atoms with Gasteiger partial charge in [0.1, 0.15) is 6.61 Å². The molecule has 1 fully saturated rings. The van der Waals surface area contributed by atoms with Gasteiger partial charge in [0.05, 0.1) is 5.02 Å². The van der Waals surface area contributed by atoms with Crippen molar-refractivity contribution in [3.8, 4) is 0 Å². The predicted octanol–water partition coefficient (Wildman–Crippen LogP) is 4.60. The Hall–Kier alpha value is -1.98. The van der Waals surface area contributed by atoms with Gasteiger partial charge in [-0.25, -0.2) is 4.79 Å². The van der Waals surface area contributed by atoms with E-state index in [1.54, 1.807) is 23.9 Å². The highest BCUT2D eigenvalue weighted by Crippen LogP contribution is 2.41. The molecule has 6 heteroatoms. The van der Waals surface area contributed by atoms with E-state index in [1.807, 2.05) is 36.4 Å². The van der Waals surface area contributed by atoms with Crippen LogP contribution in [0.4, 0.5) is 0 Å². The Labute approximate surface area is 149 Å². The Bertz CT molecular complexity index is 760. The average molecular weight is 362 g/mol. The van der Waals surface area contributed by atoms with Gasteiger partial charge in [-0.3, -0.25) is 0 Å². The second-order valence-electron chi connectivity index (χ2n) is 5.47. The Morgan fingerprint density at radius 1 is 1.25 bits per heavy atom. The lowest BCUT2D eigenvalue weighted by Gasteiger charge is -2.07. The SMILES string of the molecule is O=C(O)C(=NOCc1ccccc1)c1ccc(SC2CC2)c(Cl)c1. The molecule has 0 radical (unpaired) electrons. The maximum absolute atomic E-state index is 11.5. The molecule has 4 nitrogen and oxygen atoms in total. The number of thioether (sulfide) groups is 1. The standard InChI is InChI=1S/C18H16ClNO3S/c19-15-10-13(6-9-16(15)24-14-7-8-14)17(18(21)22)20-23-11-12-4-2-1-3-5-12/h1-6,9-10,14H,7-8,11H2,(H,21,22). The van der Waals surface area contributed by atoms with Crippen LogP contribution in [0.5, 0.6) is 0 Å². The zero-order chi connectivity index (χ0) is 16.9. The molecule has 1 aliphatic rings. The highest BCUT2D eigenvalue weighted by atomic mass is 35.5. The summed E-state index contributed by atoms with van der Waals surface area (Å²) in [4.78, 5) is 17.6. The van der Waals surface area contributed by atoms with Crippen molar-refractivity contribution in [3.05, 3.63) is 64.7 Å². The first-order chi connectivity index (χ1) is 11.6. The van der Waals surface area contributed by atoms with Gasteiger partial charge in [0.2, 0.25) is 0 Å². The van der Waals surface area contributed by atoms with E-state index in [2.05, 4.69) is 5.16 Å². The number of nitrogens with zero attached hydrogens (tertiary/aromatic N) is 1. The van der Waals surface area contributed by atoms with E-state index in [1.165, 1.54) is 12.8 Å². The van der Waals surface area contributed by atoms with Crippen molar-refractivity contribution < 1.29 is 14.7 Å². The zero-order valence-corrected chi connectivity index (χ0v) is 14.4. The van der Waals surface area contributed by atoms with Gasteiger partial charge < -0.3 is 9.94 Å². The molecule has 124 valence electrons. The van der Waals surface area contributed by atoms with Gasteiger partial charge >= 0.3 is 5.97 Å². The fourth-order valence-electron chi connectivity index (χ4n) is 2.07. The minimum Gasteiger partial charge on any atom is -0.476 e. The van der Waals surface area contributed by atoms with Crippen LogP contribution in [0.15, 0.2) is 58.6 Å². The molecule has 3 rings (SSSR count). The van der Waals surface area contributed by atoms with Crippen LogP contribution < -0.4 is 0 Å². The first-order valence-corrected chi connectivity index (χ1v) is 8.83. The number of rotatable bonds is 7. The van der Waals surface area contributed by atoms with Crippen LogP contribution >= 0.6 is 23.4 Å². The van der Waals surface area contributed by atoms with Crippen LogP contribution in [0, 0.1) is 0 Å². The Morgan fingerprint density at radius 3 is 2.62 bits per heavy atom. The Morgan fingerprint density at radius 2 is 2.00 bits per heavy atom. The summed E-state index contributed by atoms with van der Waals surface area (Å²) in [6.45, 7) is 0.209. The minimum absolute atomic E-state index is 0.157. The first-order valence-electron chi connectivity index (χ1n) is 7.57. The number of aliphatic carboxylic acids is 1. The van der Waals surface area contributed by atoms with Gasteiger partial charge in [-0.1, -0.05) is 53.2 Å². The number of benzene rings is 2. The Balaban J connectivity index is 1.73. The summed E-state index contributed by atoms with van der Waals surface area (Å²) in [5.74, 6) is -1.15. The van der Waals surface area contributed by atoms with E-state index in [0.29, 0.717) is 15.8 Å². The van der Waals surface area contributed by atoms with Crippen molar-refractivity contribution in [1.29, 1.82) is 0 Å². The number of carboxylic acids is 1. The van der Waals surface area contributed by atoms with Crippen molar-refractivity contribution >= 4 is 35.0 Å². The van der Waals surface area contributed by atoms with Crippen LogP contribution in [-0.2, 0) is 16.2 Å². The maximum atomic E-state index is 11.5. The number of carboxylic acid groups (broad SMARTS) is 1. The maximum Gasteiger partial charge on any atom is 0.358 e. The summed E-state index contributed by atoms with van der Waals surface area (Å²) >= 11 is 8.00. The summed E-state index contributed by atoms with van der Waals surface area (Å²) in [5, 5.41) is 14.3. The average Bonchev–Trinajstić information content (AvgIpc) is 3.38. The zero-order valence-electron chi connectivity index (χ0n) is 12.8. The van der Waals surface area contributed by atoms with Crippen LogP contribution in [-0.4, -0.2) is 22.0 Å². The summed E-state index contributed by atoms with van der Waals surface area (Å²) in [5.41, 5.74) is 1.19. The molecule has 0 bridgehead atoms. The van der Waals surface area contributed by atoms with Gasteiger partial charge in [-0.2, -0.15) is 0 Å². The molecule has 0 unspecified atom stereocenters. The molecule has 1 N–H and O–H groups in total. The summed E-state index contributed by atoms with van der Waals surface area (Å²) in [7, 11) is 0. The van der Waals surface area contributed by atoms with Crippen LogP contribution in [0.1, 0.15) is 24.0 Å². The van der Waals surface area contributed by atoms with Gasteiger partial charge in [-0.05, 0) is 30.5 Å². The second kappa shape index (κ2) is 7.73. The number of hydrogen-bond donors (Lipinski definition) is 1. The van der Waals surface area contributed by atoms with Crippen molar-refractivity contribution in [1.82, 2.24) is 0 Å². The number of halogens is 1. The number of carbonyl (C=O) groups is 1. The summed E-state index contributed by atoms with van der Waals surface area (Å²) in [6.07, 6.45) is 2.41. The molecule has 0 amide bonds. The predicted molar refractivity (Wildman–Crippen MR) is 95.7 cm³/mol. The highest BCUT2D eigenvalue weighted by Gasteiger charge is 2.24. The van der Waals surface area contributed by atoms with E-state index < -0.39 is 5.97 Å². The van der Waals surface area contributed by atoms with Gasteiger partial charge in [0.25, 0.3) is 0 Å². The Kier molecular flexibility index (Phi) is 5.43. The van der Waals surface area contributed by atoms with Crippen LogP contribution in [0.25, 0.3) is 0 Å². The van der Waals surface area contributed by atoms with Gasteiger partial charge in [0.15, 0.2) is 5.71 Å². The molecule has 2 aromatic carbocycles. The van der Waals surface area contributed by atoms with Crippen LogP contribution in [0.2, 0.25) is 5.02 Å². The quantitative estimate of drug-likeness (QED) is 0.578. The van der Waals surface area contributed by atoms with Crippen molar-refractivity contribution in [2.45, 2.75) is 29.6 Å². The molecule has 1 aliphatic carbocycles. The third kappa shape index (κ3) is 4.52. The molecule has 1 saturated carbocycles. The van der Waals surface area contributed by atoms with E-state index in [-0.39, 0.29) is 12.3 Å². The van der Waals surface area contributed by atoms with Crippen molar-refractivity contribution in [3.63, 3.8) is 0 Å². The lowest BCUT2D eigenvalue weighted by atomic mass is 10.1. The largest absolute Gasteiger partial charge is 0.476 e. The molecular formula is C18H16ClNO3S. The number of oxime groups is 1. The monoisotopic (exact) mass is 361 g/mol. The highest BCUT2D eigenvalue weighted by molar-refractivity contribution is 8.00. The molecular weight excluding hydrogens is 346 g/mol. The summed E-state index contributed by atoms with van der Waals surface area (Å²) in [6, 6.07) is 14.6. The normalized spacial score (nSPS) is 14.5. The minimum atomic E-state index is -1.15. The second-order valence-corrected chi connectivity index (χ2v) is 7.22. The third-order valence-corrected chi connectivity index (χ3v) is 5.30. The van der Waals surface area contributed by atoms with Crippen molar-refractivity contribution in [2.75, 3.05) is 0 Å².